The van der Waals surface area contributed by atoms with Crippen molar-refractivity contribution in [1.29, 1.82) is 0 Å². The third-order valence-corrected chi connectivity index (χ3v) is 5.02. The lowest BCUT2D eigenvalue weighted by molar-refractivity contribution is -0.118. The van der Waals surface area contributed by atoms with Gasteiger partial charge in [-0.1, -0.05) is 22.0 Å². The number of nitrogens with zero attached hydrogens (tertiary/aromatic N) is 1. The largest absolute Gasteiger partial charge is 0.354 e. The molecule has 0 aliphatic heterocycles. The molecule has 0 spiro atoms. The van der Waals surface area contributed by atoms with E-state index in [1.165, 1.54) is 11.8 Å². The molecule has 0 atom stereocenters. The molecule has 5 nitrogen and oxygen atoms in total. The van der Waals surface area contributed by atoms with Crippen molar-refractivity contribution >= 4 is 45.2 Å². The van der Waals surface area contributed by atoms with Crippen LogP contribution in [0.3, 0.4) is 0 Å². The number of halogens is 1. The summed E-state index contributed by atoms with van der Waals surface area (Å²) in [5.41, 5.74) is 0.742. The van der Waals surface area contributed by atoms with Crippen molar-refractivity contribution in [3.05, 3.63) is 28.7 Å². The maximum atomic E-state index is 11.9. The van der Waals surface area contributed by atoms with E-state index in [2.05, 4.69) is 59.2 Å². The van der Waals surface area contributed by atoms with Crippen molar-refractivity contribution in [2.24, 2.45) is 0 Å². The molecule has 0 fully saturated rings. The molecular formula is C18H28BrN3O2S. The molecule has 2 amide bonds. The lowest BCUT2D eigenvalue weighted by Gasteiger charge is -2.30. The van der Waals surface area contributed by atoms with Gasteiger partial charge in [-0.3, -0.25) is 14.5 Å². The zero-order chi connectivity index (χ0) is 18.8. The van der Waals surface area contributed by atoms with Gasteiger partial charge in [-0.05, 0) is 45.9 Å². The van der Waals surface area contributed by atoms with Crippen LogP contribution in [0.1, 0.15) is 27.7 Å². The summed E-state index contributed by atoms with van der Waals surface area (Å²) in [5.74, 6) is 0.397. The Bertz CT molecular complexity index is 559. The number of benzene rings is 1. The van der Waals surface area contributed by atoms with E-state index >= 15 is 0 Å². The zero-order valence-corrected chi connectivity index (χ0v) is 17.7. The van der Waals surface area contributed by atoms with Gasteiger partial charge in [0.15, 0.2) is 0 Å². The molecule has 1 rings (SSSR count). The first-order chi connectivity index (χ1) is 11.8. The molecule has 0 bridgehead atoms. The molecule has 0 aromatic heterocycles. The van der Waals surface area contributed by atoms with Gasteiger partial charge in [0.25, 0.3) is 0 Å². The van der Waals surface area contributed by atoms with Crippen molar-refractivity contribution < 1.29 is 9.59 Å². The number of carbonyl (C=O) groups is 2. The summed E-state index contributed by atoms with van der Waals surface area (Å²) in [4.78, 5) is 26.1. The third kappa shape index (κ3) is 9.28. The summed E-state index contributed by atoms with van der Waals surface area (Å²) in [6.45, 7) is 10.1. The second-order valence-electron chi connectivity index (χ2n) is 6.33. The fraction of sp³-hybridized carbons (Fsp3) is 0.556. The number of carbonyl (C=O) groups excluding carboxylic acids is 2. The first-order valence-corrected chi connectivity index (χ1v) is 10.4. The average molecular weight is 430 g/mol. The van der Waals surface area contributed by atoms with E-state index in [-0.39, 0.29) is 23.3 Å². The SMILES string of the molecule is CC(C)N(CCNC(=O)CSCC(=O)Nc1cccc(Br)c1)C(C)C. The van der Waals surface area contributed by atoms with Gasteiger partial charge in [0.05, 0.1) is 11.5 Å². The molecule has 25 heavy (non-hydrogen) atoms. The molecular weight excluding hydrogens is 402 g/mol. The topological polar surface area (TPSA) is 61.4 Å². The summed E-state index contributed by atoms with van der Waals surface area (Å²) in [5, 5.41) is 5.73. The molecule has 0 unspecified atom stereocenters. The van der Waals surface area contributed by atoms with E-state index in [1.54, 1.807) is 0 Å². The third-order valence-electron chi connectivity index (χ3n) is 3.59. The van der Waals surface area contributed by atoms with Crippen molar-refractivity contribution in [1.82, 2.24) is 10.2 Å². The molecule has 1 aromatic carbocycles. The standard InChI is InChI=1S/C18H28BrN3O2S/c1-13(2)22(14(3)4)9-8-20-17(23)11-25-12-18(24)21-16-7-5-6-15(19)10-16/h5-7,10,13-14H,8-9,11-12H2,1-4H3,(H,20,23)(H,21,24). The van der Waals surface area contributed by atoms with Gasteiger partial charge in [-0.25, -0.2) is 0 Å². The Morgan fingerprint density at radius 3 is 2.36 bits per heavy atom. The quantitative estimate of drug-likeness (QED) is 0.598. The smallest absolute Gasteiger partial charge is 0.234 e. The Hall–Kier alpha value is -1.05. The highest BCUT2D eigenvalue weighted by atomic mass is 79.9. The number of nitrogens with one attached hydrogen (secondary N) is 2. The Kier molecular flexibility index (Phi) is 10.2. The van der Waals surface area contributed by atoms with Crippen LogP contribution in [0, 0.1) is 0 Å². The van der Waals surface area contributed by atoms with Crippen LogP contribution in [0.2, 0.25) is 0 Å². The van der Waals surface area contributed by atoms with Gasteiger partial charge in [0, 0.05) is 35.3 Å². The highest BCUT2D eigenvalue weighted by Gasteiger charge is 2.13. The van der Waals surface area contributed by atoms with Crippen LogP contribution in [0.4, 0.5) is 5.69 Å². The fourth-order valence-corrected chi connectivity index (χ4v) is 3.53. The van der Waals surface area contributed by atoms with Crippen LogP contribution in [-0.2, 0) is 9.59 Å². The molecule has 0 saturated carbocycles. The Labute approximate surface area is 163 Å². The highest BCUT2D eigenvalue weighted by Crippen LogP contribution is 2.15. The van der Waals surface area contributed by atoms with Gasteiger partial charge in [-0.2, -0.15) is 0 Å². The summed E-state index contributed by atoms with van der Waals surface area (Å²) in [6.07, 6.45) is 0. The normalized spacial score (nSPS) is 11.2. The predicted octanol–water partition coefficient (Wildman–Crippen LogP) is 3.36. The first-order valence-electron chi connectivity index (χ1n) is 8.45. The Morgan fingerprint density at radius 1 is 1.12 bits per heavy atom. The molecule has 140 valence electrons. The summed E-state index contributed by atoms with van der Waals surface area (Å²) >= 11 is 4.68. The minimum atomic E-state index is -0.110. The lowest BCUT2D eigenvalue weighted by atomic mass is 10.2. The van der Waals surface area contributed by atoms with E-state index in [4.69, 9.17) is 0 Å². The van der Waals surface area contributed by atoms with Crippen molar-refractivity contribution in [2.45, 2.75) is 39.8 Å². The molecule has 0 radical (unpaired) electrons. The summed E-state index contributed by atoms with van der Waals surface area (Å²) in [7, 11) is 0. The predicted molar refractivity (Wildman–Crippen MR) is 110 cm³/mol. The summed E-state index contributed by atoms with van der Waals surface area (Å²) in [6, 6.07) is 8.33. The van der Waals surface area contributed by atoms with E-state index in [9.17, 15) is 9.59 Å². The van der Waals surface area contributed by atoms with Crippen LogP contribution < -0.4 is 10.6 Å². The molecule has 7 heteroatoms. The van der Waals surface area contributed by atoms with Gasteiger partial charge in [0.1, 0.15) is 0 Å². The zero-order valence-electron chi connectivity index (χ0n) is 15.3. The molecule has 0 aliphatic carbocycles. The minimum absolute atomic E-state index is 0.0345. The monoisotopic (exact) mass is 429 g/mol. The van der Waals surface area contributed by atoms with Crippen molar-refractivity contribution in [3.8, 4) is 0 Å². The van der Waals surface area contributed by atoms with Gasteiger partial charge in [0.2, 0.25) is 11.8 Å². The number of anilines is 1. The second-order valence-corrected chi connectivity index (χ2v) is 8.23. The lowest BCUT2D eigenvalue weighted by Crippen LogP contribution is -2.42. The molecule has 0 saturated heterocycles. The average Bonchev–Trinajstić information content (AvgIpc) is 2.50. The van der Waals surface area contributed by atoms with Crippen LogP contribution in [0.5, 0.6) is 0 Å². The first kappa shape index (κ1) is 22.0. The molecule has 0 aliphatic rings. The van der Waals surface area contributed by atoms with E-state index in [0.29, 0.717) is 18.6 Å². The van der Waals surface area contributed by atoms with Crippen LogP contribution >= 0.6 is 27.7 Å². The van der Waals surface area contributed by atoms with Crippen LogP contribution in [-0.4, -0.2) is 53.4 Å². The number of hydrogen-bond donors (Lipinski definition) is 2. The Morgan fingerprint density at radius 2 is 1.76 bits per heavy atom. The number of hydrogen-bond acceptors (Lipinski definition) is 4. The number of amides is 2. The fourth-order valence-electron chi connectivity index (χ4n) is 2.49. The molecule has 2 N–H and O–H groups in total. The molecule has 1 aromatic rings. The Balaban J connectivity index is 2.20. The second kappa shape index (κ2) is 11.5. The maximum Gasteiger partial charge on any atom is 0.234 e. The van der Waals surface area contributed by atoms with Crippen LogP contribution in [0.15, 0.2) is 28.7 Å². The summed E-state index contributed by atoms with van der Waals surface area (Å²) < 4.78 is 0.911. The van der Waals surface area contributed by atoms with E-state index < -0.39 is 0 Å². The van der Waals surface area contributed by atoms with Gasteiger partial charge >= 0.3 is 0 Å². The number of rotatable bonds is 10. The van der Waals surface area contributed by atoms with Gasteiger partial charge in [-0.15, -0.1) is 11.8 Å². The van der Waals surface area contributed by atoms with E-state index in [0.717, 1.165) is 16.7 Å². The molecule has 0 heterocycles. The van der Waals surface area contributed by atoms with Crippen LogP contribution in [0.25, 0.3) is 0 Å². The van der Waals surface area contributed by atoms with Crippen molar-refractivity contribution in [3.63, 3.8) is 0 Å². The van der Waals surface area contributed by atoms with E-state index in [1.807, 2.05) is 24.3 Å². The highest BCUT2D eigenvalue weighted by molar-refractivity contribution is 9.10. The number of thioether (sulfide) groups is 1. The van der Waals surface area contributed by atoms with Gasteiger partial charge < -0.3 is 10.6 Å². The maximum absolute atomic E-state index is 11.9. The minimum Gasteiger partial charge on any atom is -0.354 e. The van der Waals surface area contributed by atoms with Crippen molar-refractivity contribution in [2.75, 3.05) is 29.9 Å².